The number of non-ortho nitro benzene ring substituents is 1. The molecule has 0 bridgehead atoms. The number of ether oxygens (including phenoxy) is 10. The van der Waals surface area contributed by atoms with Crippen molar-refractivity contribution in [2.75, 3.05) is 137 Å². The second kappa shape index (κ2) is 27.9. The van der Waals surface area contributed by atoms with E-state index in [-0.39, 0.29) is 29.7 Å². The molecule has 20 heteroatoms. The maximum absolute atomic E-state index is 13.2. The van der Waals surface area contributed by atoms with Gasteiger partial charge in [-0.05, 0) is 30.7 Å². The summed E-state index contributed by atoms with van der Waals surface area (Å²) in [5.41, 5.74) is 0.901. The van der Waals surface area contributed by atoms with E-state index in [0.717, 1.165) is 4.90 Å². The Labute approximate surface area is 342 Å². The van der Waals surface area contributed by atoms with Crippen molar-refractivity contribution in [2.45, 2.75) is 18.9 Å². The van der Waals surface area contributed by atoms with Gasteiger partial charge in [-0.25, -0.2) is 0 Å². The monoisotopic (exact) mass is 834 g/mol. The number of nitrogens with one attached hydrogen (secondary N) is 2. The molecule has 59 heavy (non-hydrogen) atoms. The van der Waals surface area contributed by atoms with E-state index in [9.17, 15) is 29.3 Å². The van der Waals surface area contributed by atoms with Gasteiger partial charge in [0.2, 0.25) is 11.8 Å². The van der Waals surface area contributed by atoms with Crippen LogP contribution in [0, 0.1) is 10.1 Å². The summed E-state index contributed by atoms with van der Waals surface area (Å²) in [6.45, 7) is 8.25. The fourth-order valence-corrected chi connectivity index (χ4v) is 5.66. The Morgan fingerprint density at radius 2 is 1.07 bits per heavy atom. The van der Waals surface area contributed by atoms with Gasteiger partial charge in [-0.15, -0.1) is 0 Å². The number of nitro groups is 1. The highest BCUT2D eigenvalue weighted by atomic mass is 16.6. The number of amides is 4. The van der Waals surface area contributed by atoms with Gasteiger partial charge in [0, 0.05) is 30.8 Å². The molecule has 2 aliphatic rings. The van der Waals surface area contributed by atoms with Crippen LogP contribution in [0.25, 0.3) is 0 Å². The Balaban J connectivity index is 0.830. The highest BCUT2D eigenvalue weighted by molar-refractivity contribution is 6.25. The van der Waals surface area contributed by atoms with E-state index in [1.54, 1.807) is 30.3 Å². The molecule has 20 nitrogen and oxygen atoms in total. The Kier molecular flexibility index (Phi) is 22.3. The van der Waals surface area contributed by atoms with Gasteiger partial charge in [-0.2, -0.15) is 0 Å². The van der Waals surface area contributed by atoms with Crippen molar-refractivity contribution in [1.82, 2.24) is 10.2 Å². The third kappa shape index (κ3) is 17.2. The summed E-state index contributed by atoms with van der Waals surface area (Å²) in [6, 6.07) is 9.75. The highest BCUT2D eigenvalue weighted by Gasteiger charge is 2.45. The SMILES string of the molecule is O=C1CCC(N2C(=O)c3cccc(NCCOCCOCCOCCOCCOCCOCCOCCOCCOCCOc4ccc([N+](=O)[O-])cc4)c3C2=O)C(=O)N1. The first-order valence-corrected chi connectivity index (χ1v) is 19.5. The molecule has 2 aromatic rings. The summed E-state index contributed by atoms with van der Waals surface area (Å²) >= 11 is 0. The lowest BCUT2D eigenvalue weighted by atomic mass is 10.0. The molecule has 1 unspecified atom stereocenters. The van der Waals surface area contributed by atoms with Crippen LogP contribution in [-0.2, 0) is 52.2 Å². The number of nitro benzene ring substituents is 1. The molecule has 326 valence electrons. The number of piperidine rings is 1. The molecule has 0 spiro atoms. The van der Waals surface area contributed by atoms with Crippen molar-refractivity contribution in [3.05, 3.63) is 63.7 Å². The van der Waals surface area contributed by atoms with Crippen LogP contribution >= 0.6 is 0 Å². The number of imide groups is 2. The number of hydrogen-bond donors (Lipinski definition) is 2. The summed E-state index contributed by atoms with van der Waals surface area (Å²) in [4.78, 5) is 61.1. The lowest BCUT2D eigenvalue weighted by Gasteiger charge is -2.27. The molecule has 1 fully saturated rings. The second-order valence-electron chi connectivity index (χ2n) is 12.7. The molecule has 1 atom stereocenters. The van der Waals surface area contributed by atoms with E-state index < -0.39 is 34.6 Å². The summed E-state index contributed by atoms with van der Waals surface area (Å²) in [6.07, 6.45) is 0.157. The van der Waals surface area contributed by atoms with Crippen LogP contribution in [0.3, 0.4) is 0 Å². The van der Waals surface area contributed by atoms with Gasteiger partial charge in [-0.1, -0.05) is 6.07 Å². The molecule has 0 aromatic heterocycles. The van der Waals surface area contributed by atoms with Gasteiger partial charge in [0.05, 0.1) is 135 Å². The third-order valence-corrected chi connectivity index (χ3v) is 8.55. The lowest BCUT2D eigenvalue weighted by Crippen LogP contribution is -2.54. The van der Waals surface area contributed by atoms with E-state index in [0.29, 0.717) is 144 Å². The quantitative estimate of drug-likeness (QED) is 0.0442. The molecule has 4 amide bonds. The van der Waals surface area contributed by atoms with Crippen molar-refractivity contribution in [3.8, 4) is 5.75 Å². The molecule has 2 heterocycles. The van der Waals surface area contributed by atoms with Gasteiger partial charge in [0.1, 0.15) is 18.4 Å². The highest BCUT2D eigenvalue weighted by Crippen LogP contribution is 2.32. The van der Waals surface area contributed by atoms with Gasteiger partial charge in [-0.3, -0.25) is 39.5 Å². The van der Waals surface area contributed by atoms with Crippen LogP contribution < -0.4 is 15.4 Å². The lowest BCUT2D eigenvalue weighted by molar-refractivity contribution is -0.384. The van der Waals surface area contributed by atoms with Crippen molar-refractivity contribution < 1.29 is 71.5 Å². The predicted molar refractivity (Wildman–Crippen MR) is 208 cm³/mol. The van der Waals surface area contributed by atoms with E-state index in [4.69, 9.17) is 47.4 Å². The number of rotatable bonds is 34. The van der Waals surface area contributed by atoms with E-state index in [1.165, 1.54) is 12.1 Å². The van der Waals surface area contributed by atoms with Crippen LogP contribution in [0.2, 0.25) is 0 Å². The normalized spacial score (nSPS) is 15.1. The fraction of sp³-hybridized carbons (Fsp3) is 0.590. The minimum atomic E-state index is -1.02. The Bertz CT molecular complexity index is 1600. The van der Waals surface area contributed by atoms with Gasteiger partial charge in [0.15, 0.2) is 0 Å². The molecule has 0 aliphatic carbocycles. The summed E-state index contributed by atoms with van der Waals surface area (Å²) in [5, 5.41) is 16.0. The predicted octanol–water partition coefficient (Wildman–Crippen LogP) is 1.64. The van der Waals surface area contributed by atoms with Crippen LogP contribution in [-0.4, -0.2) is 172 Å². The van der Waals surface area contributed by atoms with Crippen molar-refractivity contribution in [1.29, 1.82) is 0 Å². The number of fused-ring (bicyclic) bond motifs is 1. The van der Waals surface area contributed by atoms with E-state index >= 15 is 0 Å². The minimum Gasteiger partial charge on any atom is -0.491 e. The molecule has 2 aromatic carbocycles. The molecule has 4 rings (SSSR count). The largest absolute Gasteiger partial charge is 0.491 e. The summed E-state index contributed by atoms with van der Waals surface area (Å²) < 4.78 is 54.9. The maximum atomic E-state index is 13.2. The smallest absolute Gasteiger partial charge is 0.269 e. The Morgan fingerprint density at radius 1 is 0.610 bits per heavy atom. The number of carbonyl (C=O) groups is 4. The van der Waals surface area contributed by atoms with Crippen LogP contribution in [0.1, 0.15) is 33.6 Å². The van der Waals surface area contributed by atoms with Crippen LogP contribution in [0.5, 0.6) is 5.75 Å². The molecule has 1 saturated heterocycles. The first kappa shape index (κ1) is 47.0. The maximum Gasteiger partial charge on any atom is 0.269 e. The zero-order valence-electron chi connectivity index (χ0n) is 33.1. The van der Waals surface area contributed by atoms with E-state index in [1.807, 2.05) is 0 Å². The number of benzene rings is 2. The second-order valence-corrected chi connectivity index (χ2v) is 12.7. The average molecular weight is 835 g/mol. The zero-order valence-corrected chi connectivity index (χ0v) is 33.1. The topological polar surface area (TPSA) is 231 Å². The first-order chi connectivity index (χ1) is 28.9. The van der Waals surface area contributed by atoms with Gasteiger partial charge < -0.3 is 52.7 Å². The molecule has 2 aliphatic heterocycles. The van der Waals surface area contributed by atoms with Crippen molar-refractivity contribution in [2.24, 2.45) is 0 Å². The van der Waals surface area contributed by atoms with Crippen molar-refractivity contribution in [3.63, 3.8) is 0 Å². The number of nitrogens with zero attached hydrogens (tertiary/aromatic N) is 2. The number of hydrogen-bond acceptors (Lipinski definition) is 17. The van der Waals surface area contributed by atoms with E-state index in [2.05, 4.69) is 10.6 Å². The molecule has 0 saturated carbocycles. The van der Waals surface area contributed by atoms with Gasteiger partial charge >= 0.3 is 0 Å². The first-order valence-electron chi connectivity index (χ1n) is 19.5. The van der Waals surface area contributed by atoms with Crippen LogP contribution in [0.15, 0.2) is 42.5 Å². The van der Waals surface area contributed by atoms with Crippen LogP contribution in [0.4, 0.5) is 11.4 Å². The molecule has 2 N–H and O–H groups in total. The van der Waals surface area contributed by atoms with Gasteiger partial charge in [0.25, 0.3) is 17.5 Å². The number of anilines is 1. The third-order valence-electron chi connectivity index (χ3n) is 8.55. The summed E-state index contributed by atoms with van der Waals surface area (Å²) in [5.74, 6) is -1.65. The molecule has 0 radical (unpaired) electrons. The Morgan fingerprint density at radius 3 is 1.53 bits per heavy atom. The standard InChI is InChI=1S/C39H54N4O16/c44-35-9-8-34(37(45)41-35)42-38(46)32-2-1-3-33(36(32)39(42)47)40-10-11-50-12-13-51-14-15-52-16-17-53-18-19-54-20-21-55-22-23-56-24-25-57-26-27-58-28-29-59-31-6-4-30(5-7-31)43(48)49/h1-7,34,40H,8-29H2,(H,41,44,45). The van der Waals surface area contributed by atoms with Crippen molar-refractivity contribution >= 4 is 35.0 Å². The fourth-order valence-electron chi connectivity index (χ4n) is 5.66. The minimum absolute atomic E-state index is 0.0142. The average Bonchev–Trinajstić information content (AvgIpc) is 3.48. The Hall–Kier alpha value is -4.64. The molecular weight excluding hydrogens is 780 g/mol. The molecular formula is C39H54N4O16. The number of carbonyl (C=O) groups excluding carboxylic acids is 4. The summed E-state index contributed by atoms with van der Waals surface area (Å²) in [7, 11) is 0. The zero-order chi connectivity index (χ0) is 41.9.